The highest BCUT2D eigenvalue weighted by atomic mass is 16.3. The molecule has 3 aromatic rings. The maximum atomic E-state index is 11.1. The van der Waals surface area contributed by atoms with E-state index in [4.69, 9.17) is 0 Å². The van der Waals surface area contributed by atoms with Crippen LogP contribution >= 0.6 is 0 Å². The third-order valence-electron chi connectivity index (χ3n) is 4.89. The topological polar surface area (TPSA) is 32.3 Å². The van der Waals surface area contributed by atoms with Crippen LogP contribution in [0.1, 0.15) is 52.7 Å². The van der Waals surface area contributed by atoms with E-state index >= 15 is 0 Å². The highest BCUT2D eigenvalue weighted by Gasteiger charge is 2.26. The second-order valence-corrected chi connectivity index (χ2v) is 9.25. The predicted octanol–water partition coefficient (Wildman–Crippen LogP) is 5.83. The Morgan fingerprint density at radius 1 is 0.846 bits per heavy atom. The molecule has 3 rings (SSSR count). The average molecular weight is 350 g/mol. The van der Waals surface area contributed by atoms with E-state index in [0.717, 1.165) is 22.8 Å². The molecule has 0 aromatic heterocycles. The summed E-state index contributed by atoms with van der Waals surface area (Å²) in [7, 11) is 0. The third kappa shape index (κ3) is 4.25. The van der Waals surface area contributed by atoms with Crippen LogP contribution in [0.2, 0.25) is 0 Å². The fraction of sp³-hybridized carbons (Fsp3) is 0.417. The number of fused-ring (bicyclic) bond motifs is 2. The summed E-state index contributed by atoms with van der Waals surface area (Å²) in [6, 6.07) is 18.9. The third-order valence-corrected chi connectivity index (χ3v) is 4.89. The molecule has 1 atom stereocenters. The molecule has 2 nitrogen and oxygen atoms in total. The van der Waals surface area contributed by atoms with Gasteiger partial charge in [0, 0.05) is 12.1 Å². The maximum absolute atomic E-state index is 11.1. The molecule has 0 spiro atoms. The van der Waals surface area contributed by atoms with Gasteiger partial charge in [-0.25, -0.2) is 0 Å². The van der Waals surface area contributed by atoms with Gasteiger partial charge in [0.15, 0.2) is 0 Å². The van der Waals surface area contributed by atoms with Gasteiger partial charge in [0.05, 0.1) is 6.10 Å². The summed E-state index contributed by atoms with van der Waals surface area (Å²) >= 11 is 0. The van der Waals surface area contributed by atoms with Crippen LogP contribution in [0.4, 0.5) is 0 Å². The van der Waals surface area contributed by atoms with Crippen LogP contribution < -0.4 is 5.32 Å². The van der Waals surface area contributed by atoms with Crippen LogP contribution in [-0.2, 0) is 0 Å². The van der Waals surface area contributed by atoms with Crippen molar-refractivity contribution in [3.63, 3.8) is 0 Å². The van der Waals surface area contributed by atoms with Crippen molar-refractivity contribution in [3.05, 3.63) is 60.2 Å². The van der Waals surface area contributed by atoms with Gasteiger partial charge in [-0.3, -0.25) is 0 Å². The monoisotopic (exact) mass is 349 g/mol. The van der Waals surface area contributed by atoms with E-state index in [1.165, 1.54) is 10.8 Å². The second-order valence-electron chi connectivity index (χ2n) is 9.25. The number of hydrogen-bond donors (Lipinski definition) is 2. The van der Waals surface area contributed by atoms with Gasteiger partial charge in [-0.15, -0.1) is 0 Å². The number of aliphatic hydroxyl groups is 1. The van der Waals surface area contributed by atoms with E-state index < -0.39 is 6.10 Å². The molecule has 0 aliphatic carbocycles. The summed E-state index contributed by atoms with van der Waals surface area (Å²) < 4.78 is 0. The molecule has 0 fully saturated rings. The Hall–Kier alpha value is -1.90. The zero-order valence-electron chi connectivity index (χ0n) is 16.6. The van der Waals surface area contributed by atoms with E-state index in [1.54, 1.807) is 0 Å². The van der Waals surface area contributed by atoms with Crippen LogP contribution in [-0.4, -0.2) is 17.2 Å². The Bertz CT molecular complexity index is 851. The minimum atomic E-state index is -0.551. The molecule has 2 heteroatoms. The highest BCUT2D eigenvalue weighted by Crippen LogP contribution is 2.33. The summed E-state index contributed by atoms with van der Waals surface area (Å²) in [6.07, 6.45) is 0.494. The van der Waals surface area contributed by atoms with Crippen molar-refractivity contribution in [2.24, 2.45) is 5.41 Å². The molecule has 0 bridgehead atoms. The van der Waals surface area contributed by atoms with Crippen molar-refractivity contribution in [3.8, 4) is 0 Å². The maximum Gasteiger partial charge on any atom is 0.0926 e. The largest absolute Gasteiger partial charge is 0.387 e. The lowest BCUT2D eigenvalue weighted by Gasteiger charge is -2.34. The van der Waals surface area contributed by atoms with E-state index in [9.17, 15) is 5.11 Å². The lowest BCUT2D eigenvalue weighted by atomic mass is 9.81. The van der Waals surface area contributed by atoms with Gasteiger partial charge in [-0.1, -0.05) is 69.3 Å². The van der Waals surface area contributed by atoms with Crippen LogP contribution in [0.15, 0.2) is 54.6 Å². The molecule has 138 valence electrons. The Morgan fingerprint density at radius 3 is 1.85 bits per heavy atom. The molecule has 0 amide bonds. The molecule has 0 saturated carbocycles. The van der Waals surface area contributed by atoms with E-state index in [1.807, 2.05) is 12.1 Å². The number of benzene rings is 3. The van der Waals surface area contributed by atoms with Gasteiger partial charge in [-0.2, -0.15) is 0 Å². The fourth-order valence-corrected chi connectivity index (χ4v) is 4.27. The summed E-state index contributed by atoms with van der Waals surface area (Å²) in [5, 5.41) is 19.3. The van der Waals surface area contributed by atoms with Crippen molar-refractivity contribution in [1.82, 2.24) is 5.32 Å². The first-order valence-corrected chi connectivity index (χ1v) is 9.50. The van der Waals surface area contributed by atoms with Gasteiger partial charge in [0.25, 0.3) is 0 Å². The number of hydrogen-bond acceptors (Lipinski definition) is 2. The SMILES string of the molecule is CC(C)(C)CC(C)(C)NCC(O)c1c2ccccc2cc2ccccc12. The van der Waals surface area contributed by atoms with Crippen LogP contribution in [0.5, 0.6) is 0 Å². The van der Waals surface area contributed by atoms with Gasteiger partial charge in [0.1, 0.15) is 0 Å². The molecule has 0 saturated heterocycles. The quantitative estimate of drug-likeness (QED) is 0.568. The normalized spacial score (nSPS) is 14.1. The molecule has 26 heavy (non-hydrogen) atoms. The molecule has 0 aliphatic rings. The zero-order chi connectivity index (χ0) is 18.9. The molecule has 0 aliphatic heterocycles. The van der Waals surface area contributed by atoms with Crippen molar-refractivity contribution < 1.29 is 5.11 Å². The highest BCUT2D eigenvalue weighted by molar-refractivity contribution is 6.02. The van der Waals surface area contributed by atoms with Crippen LogP contribution in [0, 0.1) is 5.41 Å². The average Bonchev–Trinajstić information content (AvgIpc) is 2.55. The molecule has 0 radical (unpaired) electrons. The number of rotatable bonds is 5. The molecular weight excluding hydrogens is 318 g/mol. The summed E-state index contributed by atoms with van der Waals surface area (Å²) in [5.74, 6) is 0. The first-order valence-electron chi connectivity index (χ1n) is 9.50. The van der Waals surface area contributed by atoms with Gasteiger partial charge in [-0.05, 0) is 58.9 Å². The van der Waals surface area contributed by atoms with Crippen LogP contribution in [0.3, 0.4) is 0 Å². The summed E-state index contributed by atoms with van der Waals surface area (Å²) in [6.45, 7) is 11.7. The van der Waals surface area contributed by atoms with Crippen molar-refractivity contribution >= 4 is 21.5 Å². The van der Waals surface area contributed by atoms with E-state index in [-0.39, 0.29) is 11.0 Å². The lowest BCUT2D eigenvalue weighted by Crippen LogP contribution is -2.44. The number of aliphatic hydroxyl groups excluding tert-OH is 1. The first kappa shape index (κ1) is 18.9. The van der Waals surface area contributed by atoms with E-state index in [2.05, 4.69) is 82.4 Å². The minimum Gasteiger partial charge on any atom is -0.387 e. The molecule has 3 aromatic carbocycles. The second kappa shape index (κ2) is 7.02. The van der Waals surface area contributed by atoms with Crippen molar-refractivity contribution in [2.75, 3.05) is 6.54 Å². The first-order chi connectivity index (χ1) is 12.2. The van der Waals surface area contributed by atoms with Gasteiger partial charge < -0.3 is 10.4 Å². The van der Waals surface area contributed by atoms with Crippen molar-refractivity contribution in [1.29, 1.82) is 0 Å². The zero-order valence-corrected chi connectivity index (χ0v) is 16.6. The Morgan fingerprint density at radius 2 is 1.35 bits per heavy atom. The van der Waals surface area contributed by atoms with Gasteiger partial charge in [0.2, 0.25) is 0 Å². The van der Waals surface area contributed by atoms with Crippen molar-refractivity contribution in [2.45, 2.75) is 52.7 Å². The molecule has 2 N–H and O–H groups in total. The molecule has 0 heterocycles. The number of β-amino-alcohol motifs (C(OH)–C–C–N with tert-alkyl or cyclic N) is 1. The van der Waals surface area contributed by atoms with Crippen LogP contribution in [0.25, 0.3) is 21.5 Å². The van der Waals surface area contributed by atoms with Gasteiger partial charge >= 0.3 is 0 Å². The Kier molecular flexibility index (Phi) is 5.09. The van der Waals surface area contributed by atoms with E-state index in [0.29, 0.717) is 6.54 Å². The summed E-state index contributed by atoms with van der Waals surface area (Å²) in [4.78, 5) is 0. The fourth-order valence-electron chi connectivity index (χ4n) is 4.27. The lowest BCUT2D eigenvalue weighted by molar-refractivity contribution is 0.150. The Labute approximate surface area is 157 Å². The smallest absolute Gasteiger partial charge is 0.0926 e. The predicted molar refractivity (Wildman–Crippen MR) is 113 cm³/mol. The molecular formula is C24H31NO. The Balaban J connectivity index is 1.95. The standard InChI is InChI=1S/C24H31NO/c1-23(2,3)16-24(4,5)25-15-21(26)22-19-12-8-6-10-17(19)14-18-11-7-9-13-20(18)22/h6-14,21,25-26H,15-16H2,1-5H3. The molecule has 1 unspecified atom stereocenters. The number of nitrogens with one attached hydrogen (secondary N) is 1. The summed E-state index contributed by atoms with van der Waals surface area (Å²) in [5.41, 5.74) is 1.24. The minimum absolute atomic E-state index is 0.0282.